The average molecular weight is 342 g/mol. The molecule has 1 aliphatic carbocycles. The van der Waals surface area contributed by atoms with Crippen molar-refractivity contribution in [2.24, 2.45) is 0 Å². The monoisotopic (exact) mass is 342 g/mol. The number of carbonyl (C=O) groups excluding carboxylic acids is 2. The summed E-state index contributed by atoms with van der Waals surface area (Å²) >= 11 is 0. The van der Waals surface area contributed by atoms with Crippen LogP contribution in [0, 0.1) is 0 Å². The molecule has 1 aliphatic rings. The average Bonchev–Trinajstić information content (AvgIpc) is 3.35. The molecule has 2 aromatic rings. The van der Waals surface area contributed by atoms with Crippen molar-refractivity contribution in [1.29, 1.82) is 0 Å². The van der Waals surface area contributed by atoms with Gasteiger partial charge in [0.15, 0.2) is 0 Å². The highest BCUT2D eigenvalue weighted by Crippen LogP contribution is 2.40. The van der Waals surface area contributed by atoms with Crippen LogP contribution in [0.2, 0.25) is 0 Å². The van der Waals surface area contributed by atoms with Crippen LogP contribution in [-0.4, -0.2) is 28.3 Å². The van der Waals surface area contributed by atoms with E-state index in [1.165, 1.54) is 5.56 Å². The van der Waals surface area contributed by atoms with Gasteiger partial charge in [-0.1, -0.05) is 36.4 Å². The number of hydrogen-bond acceptors (Lipinski definition) is 3. The minimum atomic E-state index is -1.14. The molecule has 0 bridgehead atoms. The number of anilines is 1. The van der Waals surface area contributed by atoms with Crippen LogP contribution >= 0.6 is 0 Å². The first-order valence-electron chi connectivity index (χ1n) is 7.65. The summed E-state index contributed by atoms with van der Waals surface area (Å²) in [5.41, 5.74) is 1.62. The molecule has 0 radical (unpaired) electrons. The van der Waals surface area contributed by atoms with Crippen LogP contribution in [0.25, 0.3) is 0 Å². The molecule has 2 amide bonds. The van der Waals surface area contributed by atoms with Gasteiger partial charge in [-0.25, -0.2) is 0 Å². The number of amides is 2. The van der Waals surface area contributed by atoms with Gasteiger partial charge in [0, 0.05) is 39.6 Å². The fourth-order valence-electron chi connectivity index (χ4n) is 2.60. The third-order valence-electron chi connectivity index (χ3n) is 3.96. The molecule has 1 saturated carbocycles. The summed E-state index contributed by atoms with van der Waals surface area (Å²) in [5, 5.41) is 5.29. The number of hydrogen-bond donors (Lipinski definition) is 2. The van der Waals surface area contributed by atoms with Crippen molar-refractivity contribution in [2.75, 3.05) is 11.6 Å². The summed E-state index contributed by atoms with van der Waals surface area (Å²) in [4.78, 5) is 24.6. The molecular weight excluding hydrogens is 324 g/mol. The molecule has 2 aromatic carbocycles. The van der Waals surface area contributed by atoms with Crippen LogP contribution in [0.15, 0.2) is 59.5 Å². The van der Waals surface area contributed by atoms with Crippen LogP contribution in [0.5, 0.6) is 0 Å². The Morgan fingerprint density at radius 2 is 1.79 bits per heavy atom. The van der Waals surface area contributed by atoms with Gasteiger partial charge in [0.2, 0.25) is 0 Å². The molecule has 3 rings (SSSR count). The fourth-order valence-corrected chi connectivity index (χ4v) is 3.16. The molecule has 0 spiro atoms. The van der Waals surface area contributed by atoms with E-state index in [9.17, 15) is 13.8 Å². The predicted molar refractivity (Wildman–Crippen MR) is 93.1 cm³/mol. The fraction of sp³-hybridized carbons (Fsp3) is 0.222. The van der Waals surface area contributed by atoms with E-state index in [1.54, 1.807) is 30.5 Å². The van der Waals surface area contributed by atoms with Crippen LogP contribution in [0.1, 0.15) is 17.9 Å². The number of rotatable bonds is 4. The molecule has 0 unspecified atom stereocenters. The highest BCUT2D eigenvalue weighted by Gasteiger charge is 2.40. The molecule has 0 aliphatic heterocycles. The van der Waals surface area contributed by atoms with Crippen LogP contribution in [0.4, 0.5) is 5.69 Å². The Hall–Kier alpha value is -2.47. The minimum absolute atomic E-state index is 0.000120. The smallest absolute Gasteiger partial charge is 0.313 e. The normalized spacial score (nSPS) is 20.0. The van der Waals surface area contributed by atoms with Gasteiger partial charge in [0.25, 0.3) is 0 Å². The zero-order valence-electron chi connectivity index (χ0n) is 13.2. The first kappa shape index (κ1) is 16.4. The molecular formula is C18H18N2O3S. The van der Waals surface area contributed by atoms with Crippen molar-refractivity contribution in [3.05, 3.63) is 60.2 Å². The Morgan fingerprint density at radius 1 is 1.04 bits per heavy atom. The Balaban J connectivity index is 1.55. The van der Waals surface area contributed by atoms with Crippen molar-refractivity contribution in [2.45, 2.75) is 23.3 Å². The van der Waals surface area contributed by atoms with Crippen molar-refractivity contribution in [3.8, 4) is 0 Å². The standard InChI is InChI=1S/C18H18N2O3S/c1-24(23)14-9-5-8-13(10-14)19-17(21)18(22)20-16-11-15(16)12-6-3-2-4-7-12/h2-10,15-16H,11H2,1H3,(H,19,21)(H,20,22)/t15-,16-,24-/m1/s1. The second-order valence-electron chi connectivity index (χ2n) is 5.77. The first-order valence-corrected chi connectivity index (χ1v) is 9.20. The quantitative estimate of drug-likeness (QED) is 0.835. The third-order valence-corrected chi connectivity index (χ3v) is 4.88. The number of benzene rings is 2. The highest BCUT2D eigenvalue weighted by atomic mass is 32.2. The summed E-state index contributed by atoms with van der Waals surface area (Å²) in [7, 11) is -1.14. The van der Waals surface area contributed by atoms with Crippen LogP contribution < -0.4 is 10.6 Å². The van der Waals surface area contributed by atoms with Gasteiger partial charge in [-0.2, -0.15) is 0 Å². The van der Waals surface area contributed by atoms with E-state index in [1.807, 2.05) is 30.3 Å². The summed E-state index contributed by atoms with van der Waals surface area (Å²) in [6.45, 7) is 0. The van der Waals surface area contributed by atoms with Gasteiger partial charge < -0.3 is 10.6 Å². The van der Waals surface area contributed by atoms with E-state index in [0.29, 0.717) is 10.6 Å². The maximum Gasteiger partial charge on any atom is 0.313 e. The van der Waals surface area contributed by atoms with Crippen molar-refractivity contribution >= 4 is 28.3 Å². The lowest BCUT2D eigenvalue weighted by Crippen LogP contribution is -2.37. The van der Waals surface area contributed by atoms with E-state index in [0.717, 1.165) is 6.42 Å². The Bertz CT molecular complexity index is 792. The Kier molecular flexibility index (Phi) is 4.76. The van der Waals surface area contributed by atoms with Gasteiger partial charge in [0.1, 0.15) is 0 Å². The molecule has 0 heterocycles. The van der Waals surface area contributed by atoms with Crippen molar-refractivity contribution < 1.29 is 13.8 Å². The van der Waals surface area contributed by atoms with Gasteiger partial charge in [-0.05, 0) is 30.2 Å². The van der Waals surface area contributed by atoms with Crippen LogP contribution in [-0.2, 0) is 20.4 Å². The van der Waals surface area contributed by atoms with Crippen molar-refractivity contribution in [1.82, 2.24) is 5.32 Å². The zero-order chi connectivity index (χ0) is 17.1. The lowest BCUT2D eigenvalue weighted by molar-refractivity contribution is -0.136. The van der Waals surface area contributed by atoms with Gasteiger partial charge in [-0.3, -0.25) is 13.8 Å². The van der Waals surface area contributed by atoms with E-state index in [2.05, 4.69) is 10.6 Å². The van der Waals surface area contributed by atoms with E-state index >= 15 is 0 Å². The largest absolute Gasteiger partial charge is 0.344 e. The van der Waals surface area contributed by atoms with E-state index in [4.69, 9.17) is 0 Å². The van der Waals surface area contributed by atoms with Crippen molar-refractivity contribution in [3.63, 3.8) is 0 Å². The number of carbonyl (C=O) groups is 2. The summed E-state index contributed by atoms with van der Waals surface area (Å²) in [5.74, 6) is -1.09. The maximum atomic E-state index is 12.0. The predicted octanol–water partition coefficient (Wildman–Crippen LogP) is 2.03. The maximum absolute atomic E-state index is 12.0. The third kappa shape index (κ3) is 3.89. The summed E-state index contributed by atoms with van der Waals surface area (Å²) in [6, 6.07) is 16.6. The Labute approximate surface area is 142 Å². The summed E-state index contributed by atoms with van der Waals surface area (Å²) in [6.07, 6.45) is 2.40. The number of nitrogens with one attached hydrogen (secondary N) is 2. The SMILES string of the molecule is C[S@@](=O)c1cccc(NC(=O)C(=O)N[C@@H]2C[C@@H]2c2ccccc2)c1. The molecule has 124 valence electrons. The minimum Gasteiger partial charge on any atom is -0.344 e. The molecule has 3 atom stereocenters. The summed E-state index contributed by atoms with van der Waals surface area (Å²) < 4.78 is 11.5. The van der Waals surface area contributed by atoms with Gasteiger partial charge in [0.05, 0.1) is 0 Å². The second-order valence-corrected chi connectivity index (χ2v) is 7.15. The Morgan fingerprint density at radius 3 is 2.50 bits per heavy atom. The molecule has 24 heavy (non-hydrogen) atoms. The first-order chi connectivity index (χ1) is 11.5. The molecule has 2 N–H and O–H groups in total. The van der Waals surface area contributed by atoms with E-state index in [-0.39, 0.29) is 12.0 Å². The molecule has 0 aromatic heterocycles. The van der Waals surface area contributed by atoms with Gasteiger partial charge in [-0.15, -0.1) is 0 Å². The van der Waals surface area contributed by atoms with E-state index < -0.39 is 22.6 Å². The highest BCUT2D eigenvalue weighted by molar-refractivity contribution is 7.84. The molecule has 6 heteroatoms. The lowest BCUT2D eigenvalue weighted by Gasteiger charge is -2.07. The molecule has 0 saturated heterocycles. The molecule has 1 fully saturated rings. The zero-order valence-corrected chi connectivity index (χ0v) is 14.0. The van der Waals surface area contributed by atoms with Gasteiger partial charge >= 0.3 is 11.8 Å². The van der Waals surface area contributed by atoms with Crippen LogP contribution in [0.3, 0.4) is 0 Å². The topological polar surface area (TPSA) is 75.3 Å². The lowest BCUT2D eigenvalue weighted by atomic mass is 10.1. The molecule has 5 nitrogen and oxygen atoms in total. The second kappa shape index (κ2) is 6.97.